The van der Waals surface area contributed by atoms with Crippen LogP contribution >= 0.6 is 34.8 Å². The van der Waals surface area contributed by atoms with Crippen molar-refractivity contribution in [2.45, 2.75) is 56.7 Å². The Bertz CT molecular complexity index is 1790. The van der Waals surface area contributed by atoms with Gasteiger partial charge in [0.1, 0.15) is 23.4 Å². The third kappa shape index (κ3) is 5.98. The third-order valence-corrected chi connectivity index (χ3v) is 9.72. The number of aromatic carboxylic acids is 1. The summed E-state index contributed by atoms with van der Waals surface area (Å²) in [5.74, 6) is 0.789. The predicted octanol–water partition coefficient (Wildman–Crippen LogP) is 8.79. The van der Waals surface area contributed by atoms with Gasteiger partial charge in [-0.05, 0) is 56.7 Å². The van der Waals surface area contributed by atoms with Crippen molar-refractivity contribution < 1.29 is 23.6 Å². The van der Waals surface area contributed by atoms with E-state index in [1.165, 1.54) is 13.0 Å². The fraction of sp³-hybridized carbons (Fsp3) is 0.394. The lowest BCUT2D eigenvalue weighted by atomic mass is 9.57. The number of hydrogen-bond donors (Lipinski definition) is 1. The predicted molar refractivity (Wildman–Crippen MR) is 172 cm³/mol. The number of hydrogen-bond acceptors (Lipinski definition) is 7. The molecule has 8 nitrogen and oxygen atoms in total. The van der Waals surface area contributed by atoms with Gasteiger partial charge >= 0.3 is 5.97 Å². The summed E-state index contributed by atoms with van der Waals surface area (Å²) >= 11 is 19.1. The Morgan fingerprint density at radius 1 is 1.22 bits per heavy atom. The average molecular weight is 672 g/mol. The van der Waals surface area contributed by atoms with E-state index in [0.717, 1.165) is 55.8 Å². The number of ether oxygens (including phenoxy) is 1. The summed E-state index contributed by atoms with van der Waals surface area (Å²) in [4.78, 5) is 22.3. The second-order valence-corrected chi connectivity index (χ2v) is 13.8. The van der Waals surface area contributed by atoms with Crippen LogP contribution in [0.4, 0.5) is 10.1 Å². The molecule has 1 saturated heterocycles. The number of benzene rings is 1. The summed E-state index contributed by atoms with van der Waals surface area (Å²) in [5.41, 5.74) is 2.83. The first kappa shape index (κ1) is 30.3. The summed E-state index contributed by atoms with van der Waals surface area (Å²) in [7, 11) is 0. The Morgan fingerprint density at radius 3 is 2.62 bits per heavy atom. The Labute approximate surface area is 274 Å². The van der Waals surface area contributed by atoms with Crippen molar-refractivity contribution in [1.29, 1.82) is 0 Å². The number of pyridine rings is 2. The molecule has 1 N–H and O–H groups in total. The van der Waals surface area contributed by atoms with E-state index in [0.29, 0.717) is 44.0 Å². The number of allylic oxidation sites excluding steroid dienone is 1. The van der Waals surface area contributed by atoms with E-state index < -0.39 is 17.7 Å². The lowest BCUT2D eigenvalue weighted by Crippen LogP contribution is -2.62. The van der Waals surface area contributed by atoms with E-state index in [-0.39, 0.29) is 23.3 Å². The molecule has 0 bridgehead atoms. The number of alkyl halides is 2. The monoisotopic (exact) mass is 670 g/mol. The van der Waals surface area contributed by atoms with Crippen molar-refractivity contribution in [3.8, 4) is 17.0 Å². The normalized spacial score (nSPS) is 19.1. The van der Waals surface area contributed by atoms with E-state index in [2.05, 4.69) is 32.2 Å². The Kier molecular flexibility index (Phi) is 7.90. The number of fused-ring (bicyclic) bond motifs is 1. The fourth-order valence-corrected chi connectivity index (χ4v) is 7.47. The molecular weight excluding hydrogens is 642 g/mol. The molecule has 4 aromatic rings. The van der Waals surface area contributed by atoms with Crippen LogP contribution < -0.4 is 9.64 Å². The Balaban J connectivity index is 1.05. The first-order valence-corrected chi connectivity index (χ1v) is 16.1. The number of nitrogens with zero attached hydrogens (tertiary/aromatic N) is 4. The van der Waals surface area contributed by atoms with E-state index in [1.807, 2.05) is 12.1 Å². The molecule has 3 fully saturated rings. The number of carboxylic acids is 1. The van der Waals surface area contributed by atoms with Gasteiger partial charge in [-0.2, -0.15) is 0 Å². The van der Waals surface area contributed by atoms with Crippen LogP contribution in [-0.4, -0.2) is 51.0 Å². The molecule has 0 unspecified atom stereocenters. The third-order valence-electron chi connectivity index (χ3n) is 8.88. The Morgan fingerprint density at radius 2 is 1.96 bits per heavy atom. The van der Waals surface area contributed by atoms with Crippen LogP contribution in [0.2, 0.25) is 10.0 Å². The minimum absolute atomic E-state index is 0.0245. The first-order chi connectivity index (χ1) is 21.6. The van der Waals surface area contributed by atoms with E-state index in [9.17, 15) is 14.3 Å². The summed E-state index contributed by atoms with van der Waals surface area (Å²) in [6, 6.07) is 7.02. The molecule has 1 aliphatic heterocycles. The van der Waals surface area contributed by atoms with Crippen molar-refractivity contribution >= 4 is 63.4 Å². The molecule has 2 atom stereocenters. The van der Waals surface area contributed by atoms with Gasteiger partial charge < -0.3 is 19.3 Å². The zero-order valence-corrected chi connectivity index (χ0v) is 26.6. The molecule has 0 radical (unpaired) electrons. The summed E-state index contributed by atoms with van der Waals surface area (Å²) in [5, 5.41) is 15.4. The molecule has 45 heavy (non-hydrogen) atoms. The number of rotatable bonds is 10. The number of carbonyl (C=O) groups is 1. The number of halogens is 4. The summed E-state index contributed by atoms with van der Waals surface area (Å²) < 4.78 is 25.1. The molecule has 234 valence electrons. The molecule has 2 saturated carbocycles. The zero-order valence-electron chi connectivity index (χ0n) is 24.4. The molecule has 3 aliphatic rings. The van der Waals surface area contributed by atoms with Gasteiger partial charge in [-0.1, -0.05) is 52.1 Å². The van der Waals surface area contributed by atoms with Crippen LogP contribution in [0, 0.1) is 11.3 Å². The van der Waals surface area contributed by atoms with Crippen molar-refractivity contribution in [3.63, 3.8) is 0 Å². The van der Waals surface area contributed by atoms with Gasteiger partial charge in [-0.3, -0.25) is 4.98 Å². The molecule has 0 amide bonds. The van der Waals surface area contributed by atoms with Crippen molar-refractivity contribution in [2.24, 2.45) is 11.3 Å². The second-order valence-electron chi connectivity index (χ2n) is 12.5. The highest BCUT2D eigenvalue weighted by Gasteiger charge is 2.51. The number of anilines is 1. The Hall–Kier alpha value is -3.40. The topological polar surface area (TPSA) is 102 Å². The minimum Gasteiger partial charge on any atom is -0.477 e. The maximum absolute atomic E-state index is 13.5. The van der Waals surface area contributed by atoms with Crippen LogP contribution in [0.5, 0.6) is 5.75 Å². The lowest BCUT2D eigenvalue weighted by Gasteiger charge is -2.59. The van der Waals surface area contributed by atoms with Gasteiger partial charge in [-0.15, -0.1) is 0 Å². The molecule has 2 aliphatic carbocycles. The van der Waals surface area contributed by atoms with Crippen molar-refractivity contribution in [2.75, 3.05) is 18.0 Å². The van der Waals surface area contributed by atoms with Gasteiger partial charge in [-0.25, -0.2) is 14.2 Å². The highest BCUT2D eigenvalue weighted by atomic mass is 35.5. The zero-order chi connectivity index (χ0) is 31.5. The number of aromatic nitrogens is 3. The quantitative estimate of drug-likeness (QED) is 0.167. The molecule has 7 rings (SSSR count). The van der Waals surface area contributed by atoms with Crippen LogP contribution in [0.25, 0.3) is 28.2 Å². The molecular formula is C33H30Cl3FN4O4. The highest BCUT2D eigenvalue weighted by Crippen LogP contribution is 2.54. The van der Waals surface area contributed by atoms with Gasteiger partial charge in [0.05, 0.1) is 15.6 Å². The fourth-order valence-electron chi connectivity index (χ4n) is 6.58. The van der Waals surface area contributed by atoms with Gasteiger partial charge in [0.15, 0.2) is 11.3 Å². The van der Waals surface area contributed by atoms with Gasteiger partial charge in [0.25, 0.3) is 0 Å². The van der Waals surface area contributed by atoms with Gasteiger partial charge in [0.2, 0.25) is 0 Å². The van der Waals surface area contributed by atoms with Crippen molar-refractivity contribution in [3.05, 3.63) is 69.8 Å². The maximum Gasteiger partial charge on any atom is 0.354 e. The van der Waals surface area contributed by atoms with Crippen LogP contribution in [0.15, 0.2) is 47.3 Å². The summed E-state index contributed by atoms with van der Waals surface area (Å²) in [6.07, 6.45) is 10.6. The van der Waals surface area contributed by atoms with Crippen LogP contribution in [0.3, 0.4) is 0 Å². The summed E-state index contributed by atoms with van der Waals surface area (Å²) in [6.45, 7) is 3.22. The first-order valence-electron chi connectivity index (χ1n) is 14.9. The van der Waals surface area contributed by atoms with E-state index >= 15 is 0 Å². The largest absolute Gasteiger partial charge is 0.477 e. The minimum atomic E-state index is -1.18. The van der Waals surface area contributed by atoms with Crippen molar-refractivity contribution in [1.82, 2.24) is 15.1 Å². The molecule has 4 heterocycles. The maximum atomic E-state index is 13.5. The van der Waals surface area contributed by atoms with E-state index in [4.69, 9.17) is 44.1 Å². The second kappa shape index (κ2) is 11.8. The smallest absolute Gasteiger partial charge is 0.354 e. The van der Waals surface area contributed by atoms with Crippen LogP contribution in [0.1, 0.15) is 66.8 Å². The number of carboxylic acid groups (broad SMARTS) is 1. The van der Waals surface area contributed by atoms with Gasteiger partial charge in [0, 0.05) is 71.5 Å². The SMILES string of the molecule is C[C@H](F)C[C@H](Cl)Oc1cc(C(=O)O)nc2ccc(N3CC4(CC(/C=C/c5c(-c6c(Cl)cncc6Cl)noc5C5CC5)C4)C3)cc12. The molecule has 12 heteroatoms. The molecule has 3 aromatic heterocycles. The average Bonchev–Trinajstić information content (AvgIpc) is 3.71. The lowest BCUT2D eigenvalue weighted by molar-refractivity contribution is 0.0486. The van der Waals surface area contributed by atoms with E-state index in [1.54, 1.807) is 18.5 Å². The van der Waals surface area contributed by atoms with Crippen LogP contribution in [-0.2, 0) is 0 Å². The molecule has 1 spiro atoms. The molecule has 1 aromatic carbocycles. The highest BCUT2D eigenvalue weighted by molar-refractivity contribution is 6.39. The standard InChI is InChI=1S/C33H30Cl3FN4O4/c1-17(37)8-28(36)44-27-10-26(32(42)43)39-25-7-5-20(9-22(25)27)41-15-33(16-41)11-18(12-33)2-6-21-30(40-45-31(21)19-3-4-19)29-23(34)13-38-14-24(29)35/h2,5-7,9-10,13-14,17-19,28H,3-4,8,11-12,15-16H2,1H3,(H,42,43)/b6-2+/t17-,28+/m0/s1.